The second-order valence-corrected chi connectivity index (χ2v) is 1.47. The predicted octanol–water partition coefficient (Wildman–Crippen LogP) is -1.72. The fourth-order valence-corrected chi connectivity index (χ4v) is 0.311. The van der Waals surface area contributed by atoms with Gasteiger partial charge in [0.25, 0.3) is 0 Å². The summed E-state index contributed by atoms with van der Waals surface area (Å²) in [6, 6.07) is 0. The van der Waals surface area contributed by atoms with Crippen LogP contribution in [0.25, 0.3) is 0 Å². The first-order valence-electron chi connectivity index (χ1n) is 2.62. The molecule has 0 aliphatic carbocycles. The molecule has 0 rings (SSSR count). The Morgan fingerprint density at radius 2 is 2.10 bits per heavy atom. The minimum Gasteiger partial charge on any atom is -0.344 e. The second kappa shape index (κ2) is 4.51. The van der Waals surface area contributed by atoms with E-state index in [1.807, 2.05) is 0 Å². The van der Waals surface area contributed by atoms with Crippen LogP contribution in [0, 0.1) is 0 Å². The van der Waals surface area contributed by atoms with Crippen molar-refractivity contribution in [2.45, 2.75) is 0 Å². The van der Waals surface area contributed by atoms with Gasteiger partial charge in [0, 0.05) is 6.54 Å². The van der Waals surface area contributed by atoms with E-state index in [9.17, 15) is 9.59 Å². The maximum absolute atomic E-state index is 10.5. The fraction of sp³-hybridized carbons (Fsp3) is 0.200. The van der Waals surface area contributed by atoms with Gasteiger partial charge in [-0.15, -0.1) is 6.58 Å². The molecule has 4 N–H and O–H groups in total. The number of rotatable bonds is 2. The maximum Gasteiger partial charge on any atom is 0.323 e. The van der Waals surface area contributed by atoms with Crippen molar-refractivity contribution in [3.8, 4) is 0 Å². The molecule has 0 spiro atoms. The van der Waals surface area contributed by atoms with Crippen LogP contribution in [0.15, 0.2) is 12.7 Å². The summed E-state index contributed by atoms with van der Waals surface area (Å²) in [5.74, 6) is 3.04. The highest BCUT2D eigenvalue weighted by molar-refractivity contribution is 6.34. The lowest BCUT2D eigenvalue weighted by Gasteiger charge is -1.97. The molecule has 0 fully saturated rings. The van der Waals surface area contributed by atoms with Gasteiger partial charge in [-0.2, -0.15) is 0 Å². The Morgan fingerprint density at radius 3 is 2.50 bits per heavy atom. The third-order valence-electron chi connectivity index (χ3n) is 0.744. The summed E-state index contributed by atoms with van der Waals surface area (Å²) in [7, 11) is 0. The molecule has 0 aromatic rings. The van der Waals surface area contributed by atoms with E-state index in [-0.39, 0.29) is 6.54 Å². The molecule has 0 bridgehead atoms. The molecule has 2 amide bonds. The Morgan fingerprint density at radius 1 is 1.50 bits per heavy atom. The molecular weight excluding hydrogens is 134 g/mol. The largest absolute Gasteiger partial charge is 0.344 e. The number of carbonyl (C=O) groups is 2. The van der Waals surface area contributed by atoms with Gasteiger partial charge in [0.2, 0.25) is 0 Å². The van der Waals surface area contributed by atoms with Gasteiger partial charge in [-0.3, -0.25) is 15.0 Å². The van der Waals surface area contributed by atoms with E-state index >= 15 is 0 Å². The quantitative estimate of drug-likeness (QED) is 0.141. The zero-order valence-corrected chi connectivity index (χ0v) is 5.39. The number of hydrazine groups is 1. The minimum atomic E-state index is -0.859. The second-order valence-electron chi connectivity index (χ2n) is 1.47. The molecule has 0 aliphatic rings. The number of nitrogens with two attached hydrogens (primary N) is 1. The van der Waals surface area contributed by atoms with Crippen LogP contribution in [0.5, 0.6) is 0 Å². The average molecular weight is 143 g/mol. The Labute approximate surface area is 58.2 Å². The molecule has 0 saturated carbocycles. The molecular formula is C5H9N3O2. The van der Waals surface area contributed by atoms with Crippen LogP contribution >= 0.6 is 0 Å². The van der Waals surface area contributed by atoms with Crippen molar-refractivity contribution in [3.05, 3.63) is 12.7 Å². The standard InChI is InChI=1S/C5H9N3O2/c1-2-3-7-4(9)5(10)8-6/h2H,1,3,6H2,(H,7,9)(H,8,10). The maximum atomic E-state index is 10.5. The van der Waals surface area contributed by atoms with Crippen LogP contribution in [0.2, 0.25) is 0 Å². The monoisotopic (exact) mass is 143 g/mol. The number of amides is 2. The smallest absolute Gasteiger partial charge is 0.323 e. The van der Waals surface area contributed by atoms with E-state index in [4.69, 9.17) is 0 Å². The highest BCUT2D eigenvalue weighted by atomic mass is 16.2. The highest BCUT2D eigenvalue weighted by Gasteiger charge is 2.08. The third-order valence-corrected chi connectivity index (χ3v) is 0.744. The first-order chi connectivity index (χ1) is 4.72. The van der Waals surface area contributed by atoms with Crippen LogP contribution in [-0.4, -0.2) is 18.4 Å². The van der Waals surface area contributed by atoms with Crippen LogP contribution in [0.3, 0.4) is 0 Å². The number of nitrogens with one attached hydrogen (secondary N) is 2. The van der Waals surface area contributed by atoms with Crippen molar-refractivity contribution < 1.29 is 9.59 Å². The Kier molecular flexibility index (Phi) is 3.90. The van der Waals surface area contributed by atoms with Crippen molar-refractivity contribution in [1.29, 1.82) is 0 Å². The molecule has 5 nitrogen and oxygen atoms in total. The zero-order valence-electron chi connectivity index (χ0n) is 5.39. The van der Waals surface area contributed by atoms with E-state index in [0.29, 0.717) is 0 Å². The van der Waals surface area contributed by atoms with E-state index in [1.165, 1.54) is 6.08 Å². The molecule has 0 heterocycles. The lowest BCUT2D eigenvalue weighted by Crippen LogP contribution is -2.43. The van der Waals surface area contributed by atoms with Gasteiger partial charge in [0.1, 0.15) is 0 Å². The molecule has 0 atom stereocenters. The molecule has 10 heavy (non-hydrogen) atoms. The summed E-state index contributed by atoms with van der Waals surface area (Å²) in [6.45, 7) is 3.60. The molecule has 0 saturated heterocycles. The SMILES string of the molecule is C=CCNC(=O)C(=O)NN. The van der Waals surface area contributed by atoms with E-state index in [2.05, 4.69) is 17.7 Å². The number of hydrogen-bond acceptors (Lipinski definition) is 3. The number of carbonyl (C=O) groups excluding carboxylic acids is 2. The summed E-state index contributed by atoms with van der Waals surface area (Å²) in [6.07, 6.45) is 1.46. The normalized spacial score (nSPS) is 8.10. The van der Waals surface area contributed by atoms with Crippen LogP contribution in [0.4, 0.5) is 0 Å². The average Bonchev–Trinajstić information content (AvgIpc) is 1.98. The first kappa shape index (κ1) is 8.64. The van der Waals surface area contributed by atoms with Crippen LogP contribution in [-0.2, 0) is 9.59 Å². The molecule has 0 aromatic carbocycles. The van der Waals surface area contributed by atoms with Gasteiger partial charge in [-0.05, 0) is 0 Å². The molecule has 0 aromatic heterocycles. The van der Waals surface area contributed by atoms with Gasteiger partial charge in [0.05, 0.1) is 0 Å². The number of hydrogen-bond donors (Lipinski definition) is 3. The van der Waals surface area contributed by atoms with Crippen molar-refractivity contribution in [1.82, 2.24) is 10.7 Å². The van der Waals surface area contributed by atoms with Crippen LogP contribution in [0.1, 0.15) is 0 Å². The molecule has 0 unspecified atom stereocenters. The summed E-state index contributed by atoms with van der Waals surface area (Å²) in [5.41, 5.74) is 1.69. The summed E-state index contributed by atoms with van der Waals surface area (Å²) in [4.78, 5) is 20.8. The Bertz CT molecular complexity index is 155. The van der Waals surface area contributed by atoms with Crippen molar-refractivity contribution in [2.24, 2.45) is 5.84 Å². The summed E-state index contributed by atoms with van der Waals surface area (Å²) in [5, 5.41) is 2.23. The Balaban J connectivity index is 3.62. The van der Waals surface area contributed by atoms with Crippen molar-refractivity contribution in [2.75, 3.05) is 6.54 Å². The van der Waals surface area contributed by atoms with E-state index in [0.717, 1.165) is 0 Å². The summed E-state index contributed by atoms with van der Waals surface area (Å²) < 4.78 is 0. The van der Waals surface area contributed by atoms with Crippen molar-refractivity contribution >= 4 is 11.8 Å². The fourth-order valence-electron chi connectivity index (χ4n) is 0.311. The molecule has 0 radical (unpaired) electrons. The lowest BCUT2D eigenvalue weighted by atomic mass is 10.5. The molecule has 0 aliphatic heterocycles. The van der Waals surface area contributed by atoms with Gasteiger partial charge in [-0.25, -0.2) is 5.84 Å². The van der Waals surface area contributed by atoms with Gasteiger partial charge >= 0.3 is 11.8 Å². The van der Waals surface area contributed by atoms with Gasteiger partial charge in [0.15, 0.2) is 0 Å². The topological polar surface area (TPSA) is 84.2 Å². The van der Waals surface area contributed by atoms with Gasteiger partial charge < -0.3 is 5.32 Å². The van der Waals surface area contributed by atoms with E-state index in [1.54, 1.807) is 5.43 Å². The predicted molar refractivity (Wildman–Crippen MR) is 35.5 cm³/mol. The zero-order chi connectivity index (χ0) is 7.98. The lowest BCUT2D eigenvalue weighted by molar-refractivity contribution is -0.139. The summed E-state index contributed by atoms with van der Waals surface area (Å²) >= 11 is 0. The van der Waals surface area contributed by atoms with Crippen molar-refractivity contribution in [3.63, 3.8) is 0 Å². The molecule has 5 heteroatoms. The molecule has 56 valence electrons. The minimum absolute atomic E-state index is 0.256. The van der Waals surface area contributed by atoms with E-state index < -0.39 is 11.8 Å². The highest BCUT2D eigenvalue weighted by Crippen LogP contribution is 1.65. The third kappa shape index (κ3) is 2.83. The van der Waals surface area contributed by atoms with Crippen LogP contribution < -0.4 is 16.6 Å². The Hall–Kier alpha value is -1.36. The van der Waals surface area contributed by atoms with Gasteiger partial charge in [-0.1, -0.05) is 6.08 Å². The first-order valence-corrected chi connectivity index (χ1v) is 2.62.